The van der Waals surface area contributed by atoms with Crippen molar-refractivity contribution in [2.24, 2.45) is 0 Å². The lowest BCUT2D eigenvalue weighted by atomic mass is 10.0. The van der Waals surface area contributed by atoms with Crippen LogP contribution in [0.3, 0.4) is 0 Å². The van der Waals surface area contributed by atoms with Crippen molar-refractivity contribution in [1.82, 2.24) is 10.0 Å². The van der Waals surface area contributed by atoms with Crippen LogP contribution in [0, 0.1) is 6.92 Å². The second-order valence-corrected chi connectivity index (χ2v) is 9.68. The summed E-state index contributed by atoms with van der Waals surface area (Å²) in [5.41, 5.74) is 1.10. The van der Waals surface area contributed by atoms with Crippen molar-refractivity contribution in [1.29, 1.82) is 0 Å². The second kappa shape index (κ2) is 9.41. The molecule has 158 valence electrons. The van der Waals surface area contributed by atoms with Gasteiger partial charge in [0.1, 0.15) is 11.8 Å². The Hall–Kier alpha value is -2.38. The highest BCUT2D eigenvalue weighted by atomic mass is 32.2. The molecule has 29 heavy (non-hydrogen) atoms. The standard InChI is InChI=1S/C22H30N2O4S/c1-6-28-20-13-12-18(14-16(20)2)29(26,27)24-19(21(25)23-22(3,4)5)15-17-10-8-7-9-11-17/h7-14,19,24H,6,15H2,1-5H3,(H,23,25). The molecule has 0 spiro atoms. The lowest BCUT2D eigenvalue weighted by molar-refractivity contribution is -0.124. The molecule has 2 aromatic rings. The van der Waals surface area contributed by atoms with Gasteiger partial charge in [-0.25, -0.2) is 8.42 Å². The first-order chi connectivity index (χ1) is 13.5. The molecule has 2 N–H and O–H groups in total. The minimum atomic E-state index is -3.90. The quantitative estimate of drug-likeness (QED) is 0.689. The number of rotatable bonds is 8. The van der Waals surface area contributed by atoms with Gasteiger partial charge in [-0.2, -0.15) is 4.72 Å². The number of aryl methyl sites for hydroxylation is 1. The van der Waals surface area contributed by atoms with Crippen LogP contribution in [0.5, 0.6) is 5.75 Å². The Kier molecular flexibility index (Phi) is 7.43. The molecule has 1 amide bonds. The van der Waals surface area contributed by atoms with Crippen molar-refractivity contribution in [2.75, 3.05) is 6.61 Å². The number of hydrogen-bond acceptors (Lipinski definition) is 4. The molecule has 6 nitrogen and oxygen atoms in total. The third-order valence-corrected chi connectivity index (χ3v) is 5.62. The van der Waals surface area contributed by atoms with Crippen LogP contribution < -0.4 is 14.8 Å². The van der Waals surface area contributed by atoms with Gasteiger partial charge in [-0.05, 0) is 70.4 Å². The number of ether oxygens (including phenoxy) is 1. The minimum absolute atomic E-state index is 0.0973. The van der Waals surface area contributed by atoms with Crippen molar-refractivity contribution in [3.63, 3.8) is 0 Å². The van der Waals surface area contributed by atoms with Crippen LogP contribution in [-0.4, -0.2) is 32.5 Å². The molecule has 0 saturated heterocycles. The van der Waals surface area contributed by atoms with Crippen molar-refractivity contribution in [3.05, 3.63) is 59.7 Å². The summed E-state index contributed by atoms with van der Waals surface area (Å²) in [6, 6.07) is 13.1. The summed E-state index contributed by atoms with van der Waals surface area (Å²) >= 11 is 0. The van der Waals surface area contributed by atoms with Gasteiger partial charge in [0.15, 0.2) is 0 Å². The Labute approximate surface area is 173 Å². The van der Waals surface area contributed by atoms with Crippen LogP contribution >= 0.6 is 0 Å². The molecule has 0 bridgehead atoms. The Bertz CT molecular complexity index is 935. The van der Waals surface area contributed by atoms with E-state index in [9.17, 15) is 13.2 Å². The summed E-state index contributed by atoms with van der Waals surface area (Å²) in [6.45, 7) is 9.72. The van der Waals surface area contributed by atoms with E-state index in [1.165, 1.54) is 6.07 Å². The van der Waals surface area contributed by atoms with Crippen LogP contribution in [0.1, 0.15) is 38.8 Å². The van der Waals surface area contributed by atoms with Crippen LogP contribution in [0.4, 0.5) is 0 Å². The van der Waals surface area contributed by atoms with Crippen molar-refractivity contribution >= 4 is 15.9 Å². The maximum absolute atomic E-state index is 13.0. The summed E-state index contributed by atoms with van der Waals surface area (Å²) < 4.78 is 34.0. The van der Waals surface area contributed by atoms with E-state index < -0.39 is 21.6 Å². The predicted octanol–water partition coefficient (Wildman–Crippen LogP) is 3.20. The SMILES string of the molecule is CCOc1ccc(S(=O)(=O)NC(Cc2ccccc2)C(=O)NC(C)(C)C)cc1C. The number of carbonyl (C=O) groups is 1. The molecule has 0 saturated carbocycles. The first-order valence-corrected chi connectivity index (χ1v) is 11.1. The second-order valence-electron chi connectivity index (χ2n) is 7.96. The van der Waals surface area contributed by atoms with E-state index in [1.54, 1.807) is 19.1 Å². The Morgan fingerprint density at radius 3 is 2.31 bits per heavy atom. The van der Waals surface area contributed by atoms with Gasteiger partial charge in [0, 0.05) is 5.54 Å². The zero-order valence-electron chi connectivity index (χ0n) is 17.7. The Balaban J connectivity index is 2.30. The summed E-state index contributed by atoms with van der Waals surface area (Å²) in [5.74, 6) is 0.269. The average Bonchev–Trinajstić information content (AvgIpc) is 2.62. The maximum Gasteiger partial charge on any atom is 0.241 e. The van der Waals surface area contributed by atoms with Crippen LogP contribution in [-0.2, 0) is 21.2 Å². The first-order valence-electron chi connectivity index (χ1n) is 9.63. The van der Waals surface area contributed by atoms with Crippen molar-refractivity contribution in [2.45, 2.75) is 57.5 Å². The number of nitrogens with one attached hydrogen (secondary N) is 2. The molecular formula is C22H30N2O4S. The minimum Gasteiger partial charge on any atom is -0.494 e. The molecule has 0 aliphatic heterocycles. The number of sulfonamides is 1. The molecular weight excluding hydrogens is 388 g/mol. The third-order valence-electron chi connectivity index (χ3n) is 4.15. The normalized spacial score (nSPS) is 13.0. The van der Waals surface area contributed by atoms with Crippen LogP contribution in [0.2, 0.25) is 0 Å². The fourth-order valence-electron chi connectivity index (χ4n) is 2.86. The lowest BCUT2D eigenvalue weighted by Gasteiger charge is -2.25. The van der Waals surface area contributed by atoms with Crippen molar-refractivity contribution in [3.8, 4) is 5.75 Å². The van der Waals surface area contributed by atoms with E-state index >= 15 is 0 Å². The predicted molar refractivity (Wildman–Crippen MR) is 114 cm³/mol. The van der Waals surface area contributed by atoms with Gasteiger partial charge in [-0.15, -0.1) is 0 Å². The smallest absolute Gasteiger partial charge is 0.241 e. The van der Waals surface area contributed by atoms with Gasteiger partial charge in [-0.3, -0.25) is 4.79 Å². The van der Waals surface area contributed by atoms with Crippen molar-refractivity contribution < 1.29 is 17.9 Å². The zero-order chi connectivity index (χ0) is 21.7. The number of hydrogen-bond donors (Lipinski definition) is 2. The van der Waals surface area contributed by atoms with Gasteiger partial charge >= 0.3 is 0 Å². The molecule has 1 atom stereocenters. The van der Waals surface area contributed by atoms with Gasteiger partial charge in [0.25, 0.3) is 0 Å². The highest BCUT2D eigenvalue weighted by Gasteiger charge is 2.28. The van der Waals surface area contributed by atoms with E-state index in [2.05, 4.69) is 10.0 Å². The number of amides is 1. The summed E-state index contributed by atoms with van der Waals surface area (Å²) in [6.07, 6.45) is 0.248. The molecule has 0 heterocycles. The highest BCUT2D eigenvalue weighted by Crippen LogP contribution is 2.22. The van der Waals surface area contributed by atoms with E-state index in [-0.39, 0.29) is 17.2 Å². The number of carbonyl (C=O) groups excluding carboxylic acids is 1. The molecule has 0 fully saturated rings. The van der Waals surface area contributed by atoms with E-state index in [0.717, 1.165) is 5.56 Å². The topological polar surface area (TPSA) is 84.5 Å². The monoisotopic (exact) mass is 418 g/mol. The molecule has 0 aromatic heterocycles. The maximum atomic E-state index is 13.0. The summed E-state index contributed by atoms with van der Waals surface area (Å²) in [7, 11) is -3.90. The lowest BCUT2D eigenvalue weighted by Crippen LogP contribution is -2.52. The fourth-order valence-corrected chi connectivity index (χ4v) is 4.14. The molecule has 2 rings (SSSR count). The van der Waals surface area contributed by atoms with E-state index in [0.29, 0.717) is 17.9 Å². The molecule has 1 unspecified atom stereocenters. The molecule has 0 aliphatic carbocycles. The fraction of sp³-hybridized carbons (Fsp3) is 0.409. The third kappa shape index (κ3) is 6.87. The number of benzene rings is 2. The van der Waals surface area contributed by atoms with Crippen LogP contribution in [0.25, 0.3) is 0 Å². The van der Waals surface area contributed by atoms with Crippen LogP contribution in [0.15, 0.2) is 53.4 Å². The summed E-state index contributed by atoms with van der Waals surface area (Å²) in [5, 5.41) is 2.86. The molecule has 0 aliphatic rings. The zero-order valence-corrected chi connectivity index (χ0v) is 18.5. The van der Waals surface area contributed by atoms with E-state index in [1.807, 2.05) is 58.0 Å². The molecule has 7 heteroatoms. The average molecular weight is 419 g/mol. The Morgan fingerprint density at radius 1 is 1.10 bits per heavy atom. The highest BCUT2D eigenvalue weighted by molar-refractivity contribution is 7.89. The van der Waals surface area contributed by atoms with Gasteiger partial charge in [0.05, 0.1) is 11.5 Å². The molecule has 2 aromatic carbocycles. The van der Waals surface area contributed by atoms with E-state index in [4.69, 9.17) is 4.74 Å². The molecule has 0 radical (unpaired) electrons. The first kappa shape index (κ1) is 22.9. The summed E-state index contributed by atoms with van der Waals surface area (Å²) in [4.78, 5) is 12.9. The van der Waals surface area contributed by atoms with Gasteiger partial charge in [0.2, 0.25) is 15.9 Å². The van der Waals surface area contributed by atoms with Gasteiger partial charge < -0.3 is 10.1 Å². The largest absolute Gasteiger partial charge is 0.494 e. The van der Waals surface area contributed by atoms with Gasteiger partial charge in [-0.1, -0.05) is 30.3 Å². The Morgan fingerprint density at radius 2 is 1.76 bits per heavy atom.